The minimum atomic E-state index is -0.154. The number of hydrogen-bond donors (Lipinski definition) is 1. The fourth-order valence-electron chi connectivity index (χ4n) is 2.54. The molecule has 2 heterocycles. The van der Waals surface area contributed by atoms with E-state index < -0.39 is 0 Å². The Balaban J connectivity index is 2.25. The molecule has 5 nitrogen and oxygen atoms in total. The molecule has 116 valence electrons. The van der Waals surface area contributed by atoms with Crippen LogP contribution in [-0.2, 0) is 6.54 Å². The number of nitrogens with one attached hydrogen (secondary N) is 1. The average molecular weight is 291 g/mol. The molecule has 0 unspecified atom stereocenters. The summed E-state index contributed by atoms with van der Waals surface area (Å²) in [6.45, 7) is 9.77. The van der Waals surface area contributed by atoms with Crippen LogP contribution in [0.1, 0.15) is 36.3 Å². The molecule has 1 aliphatic heterocycles. The van der Waals surface area contributed by atoms with E-state index in [2.05, 4.69) is 19.2 Å². The second-order valence-corrected chi connectivity index (χ2v) is 6.07. The smallest absolute Gasteiger partial charge is 0.263 e. The second kappa shape index (κ2) is 6.89. The van der Waals surface area contributed by atoms with Gasteiger partial charge in [0.25, 0.3) is 11.5 Å². The summed E-state index contributed by atoms with van der Waals surface area (Å²) in [5.74, 6) is 0.392. The van der Waals surface area contributed by atoms with Crippen LogP contribution >= 0.6 is 0 Å². The Morgan fingerprint density at radius 3 is 2.57 bits per heavy atom. The zero-order valence-electron chi connectivity index (χ0n) is 13.2. The number of rotatable bonds is 4. The number of amides is 1. The van der Waals surface area contributed by atoms with Crippen molar-refractivity contribution in [3.63, 3.8) is 0 Å². The van der Waals surface area contributed by atoms with Gasteiger partial charge in [-0.3, -0.25) is 9.59 Å². The van der Waals surface area contributed by atoms with Crippen LogP contribution in [0.5, 0.6) is 0 Å². The van der Waals surface area contributed by atoms with Crippen molar-refractivity contribution >= 4 is 5.91 Å². The summed E-state index contributed by atoms with van der Waals surface area (Å²) in [5.41, 5.74) is 1.06. The van der Waals surface area contributed by atoms with Gasteiger partial charge >= 0.3 is 0 Å². The predicted molar refractivity (Wildman–Crippen MR) is 83.7 cm³/mol. The van der Waals surface area contributed by atoms with Crippen molar-refractivity contribution < 1.29 is 4.79 Å². The van der Waals surface area contributed by atoms with Crippen molar-refractivity contribution in [1.29, 1.82) is 0 Å². The summed E-state index contributed by atoms with van der Waals surface area (Å²) >= 11 is 0. The highest BCUT2D eigenvalue weighted by atomic mass is 16.2. The largest absolute Gasteiger partial charge is 0.336 e. The van der Waals surface area contributed by atoms with Crippen LogP contribution in [0.25, 0.3) is 0 Å². The number of nitrogens with zero attached hydrogens (tertiary/aromatic N) is 2. The lowest BCUT2D eigenvalue weighted by atomic mass is 10.1. The van der Waals surface area contributed by atoms with Crippen molar-refractivity contribution in [3.05, 3.63) is 33.7 Å². The summed E-state index contributed by atoms with van der Waals surface area (Å²) in [6.07, 6.45) is 0.937. The first-order chi connectivity index (χ1) is 10.0. The topological polar surface area (TPSA) is 54.3 Å². The third-order valence-electron chi connectivity index (χ3n) is 3.96. The molecule has 1 aliphatic rings. The molecule has 1 saturated heterocycles. The first-order valence-corrected chi connectivity index (χ1v) is 7.71. The summed E-state index contributed by atoms with van der Waals surface area (Å²) in [6, 6.07) is 3.55. The molecule has 1 amide bonds. The van der Waals surface area contributed by atoms with E-state index >= 15 is 0 Å². The maximum atomic E-state index is 12.6. The van der Waals surface area contributed by atoms with E-state index in [1.807, 2.05) is 13.0 Å². The lowest BCUT2D eigenvalue weighted by Gasteiger charge is -2.27. The van der Waals surface area contributed by atoms with Crippen LogP contribution in [0.2, 0.25) is 0 Å². The number of aromatic nitrogens is 1. The highest BCUT2D eigenvalue weighted by Crippen LogP contribution is 2.07. The summed E-state index contributed by atoms with van der Waals surface area (Å²) in [7, 11) is 0. The molecule has 0 aromatic carbocycles. The molecule has 1 fully saturated rings. The maximum absolute atomic E-state index is 12.6. The van der Waals surface area contributed by atoms with E-state index in [0.29, 0.717) is 31.1 Å². The lowest BCUT2D eigenvalue weighted by molar-refractivity contribution is 0.0733. The normalized spacial score (nSPS) is 15.5. The van der Waals surface area contributed by atoms with Crippen LogP contribution < -0.4 is 10.9 Å². The van der Waals surface area contributed by atoms with E-state index in [-0.39, 0.29) is 11.5 Å². The maximum Gasteiger partial charge on any atom is 0.263 e. The zero-order chi connectivity index (χ0) is 15.4. The Kier molecular flexibility index (Phi) is 5.17. The molecule has 0 atom stereocenters. The molecule has 0 radical (unpaired) electrons. The standard InChI is InChI=1S/C16H25N3O2/c1-12(2)6-9-19-13(3)4-5-14(16(19)21)15(20)18-10-7-17-8-11-18/h4-5,12,17H,6-11H2,1-3H3. The molecule has 0 spiro atoms. The van der Waals surface area contributed by atoms with Crippen LogP contribution in [0, 0.1) is 12.8 Å². The number of pyridine rings is 1. The Bertz CT molecular complexity index is 557. The van der Waals surface area contributed by atoms with Crippen molar-refractivity contribution in [2.24, 2.45) is 5.92 Å². The molecule has 5 heteroatoms. The van der Waals surface area contributed by atoms with Gasteiger partial charge < -0.3 is 14.8 Å². The third-order valence-corrected chi connectivity index (χ3v) is 3.96. The highest BCUT2D eigenvalue weighted by Gasteiger charge is 2.21. The quantitative estimate of drug-likeness (QED) is 0.908. The van der Waals surface area contributed by atoms with Crippen LogP contribution in [-0.4, -0.2) is 41.6 Å². The van der Waals surface area contributed by atoms with Crippen molar-refractivity contribution in [2.75, 3.05) is 26.2 Å². The van der Waals surface area contributed by atoms with E-state index in [0.717, 1.165) is 25.2 Å². The SMILES string of the molecule is Cc1ccc(C(=O)N2CCNCC2)c(=O)n1CCC(C)C. The Hall–Kier alpha value is -1.62. The first-order valence-electron chi connectivity index (χ1n) is 7.71. The van der Waals surface area contributed by atoms with Gasteiger partial charge in [0.05, 0.1) is 0 Å². The van der Waals surface area contributed by atoms with Gasteiger partial charge in [-0.05, 0) is 31.4 Å². The van der Waals surface area contributed by atoms with Crippen LogP contribution in [0.4, 0.5) is 0 Å². The molecule has 0 saturated carbocycles. The first kappa shape index (κ1) is 15.8. The summed E-state index contributed by atoms with van der Waals surface area (Å²) in [5, 5.41) is 3.21. The number of aryl methyl sites for hydroxylation is 1. The van der Waals surface area contributed by atoms with Gasteiger partial charge in [0, 0.05) is 38.4 Å². The number of piperazine rings is 1. The third kappa shape index (κ3) is 3.73. The Morgan fingerprint density at radius 1 is 1.29 bits per heavy atom. The fourth-order valence-corrected chi connectivity index (χ4v) is 2.54. The minimum Gasteiger partial charge on any atom is -0.336 e. The van der Waals surface area contributed by atoms with Gasteiger partial charge in [0.2, 0.25) is 0 Å². The summed E-state index contributed by atoms with van der Waals surface area (Å²) < 4.78 is 1.73. The van der Waals surface area contributed by atoms with Crippen molar-refractivity contribution in [3.8, 4) is 0 Å². The summed E-state index contributed by atoms with van der Waals surface area (Å²) in [4.78, 5) is 26.9. The molecular weight excluding hydrogens is 266 g/mol. The van der Waals surface area contributed by atoms with Gasteiger partial charge in [-0.1, -0.05) is 13.8 Å². The molecular formula is C16H25N3O2. The van der Waals surface area contributed by atoms with E-state index in [1.165, 1.54) is 0 Å². The molecule has 1 aromatic rings. The van der Waals surface area contributed by atoms with Gasteiger partial charge in [0.15, 0.2) is 0 Å². The van der Waals surface area contributed by atoms with E-state index in [9.17, 15) is 9.59 Å². The van der Waals surface area contributed by atoms with E-state index in [4.69, 9.17) is 0 Å². The molecule has 2 rings (SSSR count). The second-order valence-electron chi connectivity index (χ2n) is 6.07. The van der Waals surface area contributed by atoms with Gasteiger partial charge in [-0.15, -0.1) is 0 Å². The fraction of sp³-hybridized carbons (Fsp3) is 0.625. The van der Waals surface area contributed by atoms with Gasteiger partial charge in [-0.2, -0.15) is 0 Å². The molecule has 1 N–H and O–H groups in total. The highest BCUT2D eigenvalue weighted by molar-refractivity contribution is 5.94. The molecule has 0 bridgehead atoms. The van der Waals surface area contributed by atoms with Crippen molar-refractivity contribution in [2.45, 2.75) is 33.7 Å². The van der Waals surface area contributed by atoms with Crippen molar-refractivity contribution in [1.82, 2.24) is 14.8 Å². The number of carbonyl (C=O) groups excluding carboxylic acids is 1. The molecule has 21 heavy (non-hydrogen) atoms. The monoisotopic (exact) mass is 291 g/mol. The molecule has 1 aromatic heterocycles. The molecule has 0 aliphatic carbocycles. The Morgan fingerprint density at radius 2 is 1.95 bits per heavy atom. The van der Waals surface area contributed by atoms with Gasteiger partial charge in [-0.25, -0.2) is 0 Å². The minimum absolute atomic E-state index is 0.139. The average Bonchev–Trinajstić information content (AvgIpc) is 2.47. The van der Waals surface area contributed by atoms with Gasteiger partial charge in [0.1, 0.15) is 5.56 Å². The zero-order valence-corrected chi connectivity index (χ0v) is 13.2. The van der Waals surface area contributed by atoms with E-state index in [1.54, 1.807) is 15.5 Å². The van der Waals surface area contributed by atoms with Crippen LogP contribution in [0.3, 0.4) is 0 Å². The Labute approximate surface area is 126 Å². The lowest BCUT2D eigenvalue weighted by Crippen LogP contribution is -2.48. The van der Waals surface area contributed by atoms with Crippen LogP contribution in [0.15, 0.2) is 16.9 Å². The predicted octanol–water partition coefficient (Wildman–Crippen LogP) is 1.25. The number of carbonyl (C=O) groups is 1. The number of hydrogen-bond acceptors (Lipinski definition) is 3.